The highest BCUT2D eigenvalue weighted by atomic mass is 16.5. The van der Waals surface area contributed by atoms with E-state index in [2.05, 4.69) is 11.5 Å². The first kappa shape index (κ1) is 22.3. The third kappa shape index (κ3) is 5.10. The molecule has 0 unspecified atom stereocenters. The van der Waals surface area contributed by atoms with Crippen molar-refractivity contribution in [2.45, 2.75) is 40.2 Å². The van der Waals surface area contributed by atoms with Crippen LogP contribution in [0.4, 0.5) is 0 Å². The van der Waals surface area contributed by atoms with Gasteiger partial charge in [0, 0.05) is 23.5 Å². The van der Waals surface area contributed by atoms with Crippen LogP contribution >= 0.6 is 0 Å². The molecule has 1 heterocycles. The number of methoxy groups -OCH3 is 3. The molecular formula is C22H29NO6. The summed E-state index contributed by atoms with van der Waals surface area (Å²) in [6, 6.07) is 5.21. The molecule has 7 heteroatoms. The first-order chi connectivity index (χ1) is 13.9. The second-order valence-electron chi connectivity index (χ2n) is 6.73. The van der Waals surface area contributed by atoms with Crippen LogP contribution in [0.2, 0.25) is 0 Å². The number of rotatable bonds is 10. The van der Waals surface area contributed by atoms with E-state index in [1.165, 1.54) is 21.3 Å². The predicted molar refractivity (Wildman–Crippen MR) is 109 cm³/mol. The lowest BCUT2D eigenvalue weighted by Gasteiger charge is -2.14. The quantitative estimate of drug-likeness (QED) is 0.446. The Morgan fingerprint density at radius 2 is 1.59 bits per heavy atom. The van der Waals surface area contributed by atoms with Crippen molar-refractivity contribution in [3.8, 4) is 17.2 Å². The van der Waals surface area contributed by atoms with E-state index in [9.17, 15) is 9.59 Å². The average molecular weight is 403 g/mol. The third-order valence-electron chi connectivity index (χ3n) is 4.76. The van der Waals surface area contributed by atoms with Crippen LogP contribution in [0, 0.1) is 13.8 Å². The van der Waals surface area contributed by atoms with Gasteiger partial charge in [-0.3, -0.25) is 9.59 Å². The minimum atomic E-state index is -0.505. The largest absolute Gasteiger partial charge is 0.493 e. The van der Waals surface area contributed by atoms with E-state index in [1.54, 1.807) is 12.1 Å². The zero-order valence-corrected chi connectivity index (χ0v) is 18.0. The Kier molecular flexibility index (Phi) is 7.70. The normalized spacial score (nSPS) is 10.6. The van der Waals surface area contributed by atoms with Crippen LogP contribution in [0.5, 0.6) is 17.2 Å². The molecule has 0 spiro atoms. The molecule has 0 saturated carbocycles. The highest BCUT2D eigenvalue weighted by molar-refractivity contribution is 5.99. The fourth-order valence-corrected chi connectivity index (χ4v) is 3.33. The minimum absolute atomic E-state index is 0.0150. The summed E-state index contributed by atoms with van der Waals surface area (Å²) in [6.07, 6.45) is 0.965. The van der Waals surface area contributed by atoms with Crippen LogP contribution < -0.4 is 14.2 Å². The molecule has 0 aliphatic rings. The Bertz CT molecular complexity index is 859. The number of ether oxygens (including phenoxy) is 4. The van der Waals surface area contributed by atoms with E-state index < -0.39 is 5.97 Å². The summed E-state index contributed by atoms with van der Waals surface area (Å²) in [6.45, 7) is 6.53. The molecule has 0 aliphatic heterocycles. The van der Waals surface area contributed by atoms with Gasteiger partial charge in [-0.15, -0.1) is 0 Å². The van der Waals surface area contributed by atoms with Crippen molar-refractivity contribution in [2.24, 2.45) is 0 Å². The molecule has 0 aliphatic carbocycles. The van der Waals surface area contributed by atoms with Crippen molar-refractivity contribution in [1.29, 1.82) is 0 Å². The Morgan fingerprint density at radius 1 is 0.966 bits per heavy atom. The van der Waals surface area contributed by atoms with Gasteiger partial charge in [0.05, 0.1) is 27.8 Å². The number of esters is 1. The predicted octanol–water partition coefficient (Wildman–Crippen LogP) is 3.51. The fraction of sp³-hybridized carbons (Fsp3) is 0.455. The summed E-state index contributed by atoms with van der Waals surface area (Å²) in [4.78, 5) is 24.8. The molecule has 0 atom stereocenters. The molecule has 0 N–H and O–H groups in total. The van der Waals surface area contributed by atoms with Crippen LogP contribution in [0.25, 0.3) is 0 Å². The smallest absolute Gasteiger partial charge is 0.310 e. The van der Waals surface area contributed by atoms with E-state index in [1.807, 2.05) is 19.9 Å². The number of carbonyl (C=O) groups excluding carboxylic acids is 2. The number of benzene rings is 1. The molecule has 0 amide bonds. The third-order valence-corrected chi connectivity index (χ3v) is 4.76. The zero-order chi connectivity index (χ0) is 21.6. The summed E-state index contributed by atoms with van der Waals surface area (Å²) in [5.74, 6) is 0.640. The number of Topliss-reactive ketones (excluding diaryl/α,β-unsaturated/α-hetero) is 1. The van der Waals surface area contributed by atoms with Crippen molar-refractivity contribution in [3.05, 3.63) is 40.7 Å². The Morgan fingerprint density at radius 3 is 2.10 bits per heavy atom. The van der Waals surface area contributed by atoms with Crippen LogP contribution in [-0.2, 0) is 22.5 Å². The second kappa shape index (κ2) is 10.0. The summed E-state index contributed by atoms with van der Waals surface area (Å²) in [7, 11) is 4.53. The molecule has 0 saturated heterocycles. The SMILES string of the molecule is CCCn1c(C)cc(C(=O)COC(=O)Cc2cc(OC)c(OC)c(OC)c2)c1C. The van der Waals surface area contributed by atoms with Crippen molar-refractivity contribution in [1.82, 2.24) is 4.57 Å². The van der Waals surface area contributed by atoms with Crippen LogP contribution in [0.15, 0.2) is 18.2 Å². The van der Waals surface area contributed by atoms with Crippen LogP contribution in [0.1, 0.15) is 40.7 Å². The van der Waals surface area contributed by atoms with Gasteiger partial charge in [0.15, 0.2) is 18.1 Å². The monoisotopic (exact) mass is 403 g/mol. The number of aromatic nitrogens is 1. The Balaban J connectivity index is 2.05. The molecule has 0 bridgehead atoms. The molecule has 29 heavy (non-hydrogen) atoms. The Labute approximate surface area is 171 Å². The van der Waals surface area contributed by atoms with Crippen molar-refractivity contribution in [3.63, 3.8) is 0 Å². The first-order valence-corrected chi connectivity index (χ1v) is 9.50. The highest BCUT2D eigenvalue weighted by Gasteiger charge is 2.19. The Hall–Kier alpha value is -2.96. The van der Waals surface area contributed by atoms with E-state index in [0.29, 0.717) is 28.4 Å². The molecule has 0 radical (unpaired) electrons. The first-order valence-electron chi connectivity index (χ1n) is 9.50. The topological polar surface area (TPSA) is 76.0 Å². The van der Waals surface area contributed by atoms with Crippen molar-refractivity contribution >= 4 is 11.8 Å². The second-order valence-corrected chi connectivity index (χ2v) is 6.73. The fourth-order valence-electron chi connectivity index (χ4n) is 3.33. The van der Waals surface area contributed by atoms with Gasteiger partial charge in [-0.05, 0) is 44.0 Å². The maximum atomic E-state index is 12.5. The van der Waals surface area contributed by atoms with Crippen LogP contribution in [0.3, 0.4) is 0 Å². The average Bonchev–Trinajstić information content (AvgIpc) is 2.99. The molecule has 1 aromatic heterocycles. The lowest BCUT2D eigenvalue weighted by atomic mass is 10.1. The number of ketones is 1. The van der Waals surface area contributed by atoms with Gasteiger partial charge < -0.3 is 23.5 Å². The molecule has 7 nitrogen and oxygen atoms in total. The zero-order valence-electron chi connectivity index (χ0n) is 18.0. The maximum Gasteiger partial charge on any atom is 0.310 e. The van der Waals surface area contributed by atoms with Crippen molar-refractivity contribution < 1.29 is 28.5 Å². The lowest BCUT2D eigenvalue weighted by Crippen LogP contribution is -2.16. The maximum absolute atomic E-state index is 12.5. The van der Waals surface area contributed by atoms with E-state index in [4.69, 9.17) is 18.9 Å². The number of hydrogen-bond donors (Lipinski definition) is 0. The van der Waals surface area contributed by atoms with E-state index in [0.717, 1.165) is 24.4 Å². The van der Waals surface area contributed by atoms with Gasteiger partial charge in [0.2, 0.25) is 11.5 Å². The molecule has 158 valence electrons. The van der Waals surface area contributed by atoms with Gasteiger partial charge in [-0.1, -0.05) is 6.92 Å². The van der Waals surface area contributed by atoms with Gasteiger partial charge in [0.1, 0.15) is 0 Å². The molecule has 2 rings (SSSR count). The minimum Gasteiger partial charge on any atom is -0.493 e. The highest BCUT2D eigenvalue weighted by Crippen LogP contribution is 2.38. The molecule has 0 fully saturated rings. The number of carbonyl (C=O) groups is 2. The van der Waals surface area contributed by atoms with Crippen molar-refractivity contribution in [2.75, 3.05) is 27.9 Å². The molecular weight excluding hydrogens is 374 g/mol. The van der Waals surface area contributed by atoms with Gasteiger partial charge in [-0.25, -0.2) is 0 Å². The summed E-state index contributed by atoms with van der Waals surface area (Å²) >= 11 is 0. The van der Waals surface area contributed by atoms with Gasteiger partial charge in [-0.2, -0.15) is 0 Å². The summed E-state index contributed by atoms with van der Waals surface area (Å²) in [5, 5.41) is 0. The van der Waals surface area contributed by atoms with Gasteiger partial charge >= 0.3 is 5.97 Å². The summed E-state index contributed by atoms with van der Waals surface area (Å²) in [5.41, 5.74) is 3.15. The molecule has 2 aromatic rings. The lowest BCUT2D eigenvalue weighted by molar-refractivity contribution is -0.141. The summed E-state index contributed by atoms with van der Waals surface area (Å²) < 4.78 is 23.2. The van der Waals surface area contributed by atoms with E-state index in [-0.39, 0.29) is 18.8 Å². The number of nitrogens with zero attached hydrogens (tertiary/aromatic N) is 1. The van der Waals surface area contributed by atoms with Gasteiger partial charge in [0.25, 0.3) is 0 Å². The van der Waals surface area contributed by atoms with E-state index >= 15 is 0 Å². The number of hydrogen-bond acceptors (Lipinski definition) is 6. The standard InChI is InChI=1S/C22H29NO6/c1-7-8-23-14(2)9-17(15(23)3)18(24)13-29-21(25)12-16-10-19(26-4)22(28-6)20(11-16)27-5/h9-11H,7-8,12-13H2,1-6H3. The van der Waals surface area contributed by atoms with Crippen LogP contribution in [-0.4, -0.2) is 44.3 Å². The number of aryl methyl sites for hydroxylation is 1. The molecule has 1 aromatic carbocycles.